The van der Waals surface area contributed by atoms with Crippen LogP contribution in [0.2, 0.25) is 0 Å². The highest BCUT2D eigenvalue weighted by Gasteiger charge is 2.04. The molecule has 0 aliphatic carbocycles. The van der Waals surface area contributed by atoms with Gasteiger partial charge < -0.3 is 15.2 Å². The SMILES string of the molecule is CNC(C)COc1cccc(C(=O)O)c1. The fraction of sp³-hybridized carbons (Fsp3) is 0.364. The molecule has 0 saturated heterocycles. The molecule has 82 valence electrons. The Morgan fingerprint density at radius 3 is 2.93 bits per heavy atom. The Kier molecular flexibility index (Phi) is 4.12. The van der Waals surface area contributed by atoms with Gasteiger partial charge in [-0.15, -0.1) is 0 Å². The number of benzene rings is 1. The molecule has 1 aromatic rings. The van der Waals surface area contributed by atoms with Gasteiger partial charge in [-0.1, -0.05) is 6.07 Å². The molecular weight excluding hydrogens is 194 g/mol. The van der Waals surface area contributed by atoms with Gasteiger partial charge in [-0.05, 0) is 32.2 Å². The maximum absolute atomic E-state index is 10.7. The zero-order valence-corrected chi connectivity index (χ0v) is 8.86. The molecule has 0 heterocycles. The van der Waals surface area contributed by atoms with Gasteiger partial charge >= 0.3 is 5.97 Å². The number of hydrogen-bond acceptors (Lipinski definition) is 3. The maximum Gasteiger partial charge on any atom is 0.335 e. The van der Waals surface area contributed by atoms with Gasteiger partial charge in [0.1, 0.15) is 12.4 Å². The third-order valence-corrected chi connectivity index (χ3v) is 2.07. The first-order valence-corrected chi connectivity index (χ1v) is 4.77. The lowest BCUT2D eigenvalue weighted by molar-refractivity contribution is 0.0696. The number of hydrogen-bond donors (Lipinski definition) is 2. The predicted octanol–water partition coefficient (Wildman–Crippen LogP) is 1.37. The molecular formula is C11H15NO3. The molecule has 4 nitrogen and oxygen atoms in total. The van der Waals surface area contributed by atoms with Crippen molar-refractivity contribution in [3.05, 3.63) is 29.8 Å². The molecule has 2 N–H and O–H groups in total. The number of rotatable bonds is 5. The van der Waals surface area contributed by atoms with E-state index in [9.17, 15) is 4.79 Å². The minimum Gasteiger partial charge on any atom is -0.492 e. The molecule has 0 aliphatic rings. The zero-order valence-electron chi connectivity index (χ0n) is 8.86. The molecule has 15 heavy (non-hydrogen) atoms. The Morgan fingerprint density at radius 1 is 1.60 bits per heavy atom. The normalized spacial score (nSPS) is 12.1. The summed E-state index contributed by atoms with van der Waals surface area (Å²) < 4.78 is 5.42. The second-order valence-electron chi connectivity index (χ2n) is 3.33. The van der Waals surface area contributed by atoms with Crippen molar-refractivity contribution in [1.82, 2.24) is 5.32 Å². The number of aromatic carboxylic acids is 1. The van der Waals surface area contributed by atoms with Crippen LogP contribution in [0.3, 0.4) is 0 Å². The summed E-state index contributed by atoms with van der Waals surface area (Å²) in [7, 11) is 1.85. The minimum atomic E-state index is -0.942. The first-order valence-electron chi connectivity index (χ1n) is 4.77. The number of ether oxygens (including phenoxy) is 1. The van der Waals surface area contributed by atoms with E-state index in [1.54, 1.807) is 12.1 Å². The van der Waals surface area contributed by atoms with Gasteiger partial charge in [0.25, 0.3) is 0 Å². The summed E-state index contributed by atoms with van der Waals surface area (Å²) >= 11 is 0. The Morgan fingerprint density at radius 2 is 2.33 bits per heavy atom. The fourth-order valence-corrected chi connectivity index (χ4v) is 1.02. The third-order valence-electron chi connectivity index (χ3n) is 2.07. The largest absolute Gasteiger partial charge is 0.492 e. The molecule has 0 saturated carbocycles. The second-order valence-corrected chi connectivity index (χ2v) is 3.33. The standard InChI is InChI=1S/C11H15NO3/c1-8(12-2)7-15-10-5-3-4-9(6-10)11(13)14/h3-6,8,12H,7H2,1-2H3,(H,13,14). The summed E-state index contributed by atoms with van der Waals surface area (Å²) in [6.07, 6.45) is 0. The lowest BCUT2D eigenvalue weighted by Crippen LogP contribution is -2.28. The van der Waals surface area contributed by atoms with Crippen molar-refractivity contribution in [1.29, 1.82) is 0 Å². The van der Waals surface area contributed by atoms with Gasteiger partial charge in [0.2, 0.25) is 0 Å². The second kappa shape index (κ2) is 5.36. The molecule has 0 bridgehead atoms. The smallest absolute Gasteiger partial charge is 0.335 e. The third kappa shape index (κ3) is 3.59. The van der Waals surface area contributed by atoms with E-state index in [0.29, 0.717) is 12.4 Å². The lowest BCUT2D eigenvalue weighted by Gasteiger charge is -2.12. The van der Waals surface area contributed by atoms with E-state index in [0.717, 1.165) is 0 Å². The number of nitrogens with one attached hydrogen (secondary N) is 1. The van der Waals surface area contributed by atoms with Gasteiger partial charge in [-0.25, -0.2) is 4.79 Å². The molecule has 0 aliphatic heterocycles. The van der Waals surface area contributed by atoms with Crippen LogP contribution < -0.4 is 10.1 Å². The Labute approximate surface area is 88.9 Å². The van der Waals surface area contributed by atoms with E-state index in [4.69, 9.17) is 9.84 Å². The molecule has 1 rings (SSSR count). The zero-order chi connectivity index (χ0) is 11.3. The van der Waals surface area contributed by atoms with Gasteiger partial charge in [0, 0.05) is 6.04 Å². The summed E-state index contributed by atoms with van der Waals surface area (Å²) in [4.78, 5) is 10.7. The Bertz CT molecular complexity index is 338. The lowest BCUT2D eigenvalue weighted by atomic mass is 10.2. The topological polar surface area (TPSA) is 58.6 Å². The van der Waals surface area contributed by atoms with Crippen molar-refractivity contribution < 1.29 is 14.6 Å². The van der Waals surface area contributed by atoms with Crippen molar-refractivity contribution in [2.24, 2.45) is 0 Å². The first kappa shape index (κ1) is 11.5. The van der Waals surface area contributed by atoms with Crippen LogP contribution in [0, 0.1) is 0 Å². The van der Waals surface area contributed by atoms with Crippen LogP contribution in [-0.4, -0.2) is 30.8 Å². The van der Waals surface area contributed by atoms with E-state index in [2.05, 4.69) is 5.32 Å². The molecule has 0 radical (unpaired) electrons. The average Bonchev–Trinajstić information content (AvgIpc) is 2.26. The molecule has 0 aromatic heterocycles. The summed E-state index contributed by atoms with van der Waals surface area (Å²) in [6.45, 7) is 2.50. The van der Waals surface area contributed by atoms with E-state index in [-0.39, 0.29) is 11.6 Å². The quantitative estimate of drug-likeness (QED) is 0.769. The van der Waals surface area contributed by atoms with E-state index in [1.165, 1.54) is 12.1 Å². The van der Waals surface area contributed by atoms with Crippen molar-refractivity contribution >= 4 is 5.97 Å². The first-order chi connectivity index (χ1) is 7.13. The molecule has 4 heteroatoms. The van der Waals surface area contributed by atoms with E-state index in [1.807, 2.05) is 14.0 Å². The molecule has 1 unspecified atom stereocenters. The molecule has 1 aromatic carbocycles. The van der Waals surface area contributed by atoms with Crippen LogP contribution in [0.4, 0.5) is 0 Å². The van der Waals surface area contributed by atoms with Crippen molar-refractivity contribution in [2.45, 2.75) is 13.0 Å². The monoisotopic (exact) mass is 209 g/mol. The number of likely N-dealkylation sites (N-methyl/N-ethyl adjacent to an activating group) is 1. The number of carbonyl (C=O) groups is 1. The highest BCUT2D eigenvalue weighted by atomic mass is 16.5. The molecule has 1 atom stereocenters. The summed E-state index contributed by atoms with van der Waals surface area (Å²) in [6, 6.07) is 6.71. The van der Waals surface area contributed by atoms with Gasteiger partial charge in [0.15, 0.2) is 0 Å². The number of carboxylic acids is 1. The Hall–Kier alpha value is -1.55. The van der Waals surface area contributed by atoms with Crippen LogP contribution in [0.25, 0.3) is 0 Å². The molecule has 0 amide bonds. The van der Waals surface area contributed by atoms with E-state index < -0.39 is 5.97 Å². The minimum absolute atomic E-state index is 0.235. The Balaban J connectivity index is 2.62. The number of carboxylic acid groups (broad SMARTS) is 1. The van der Waals surface area contributed by atoms with Crippen LogP contribution in [-0.2, 0) is 0 Å². The van der Waals surface area contributed by atoms with E-state index >= 15 is 0 Å². The van der Waals surface area contributed by atoms with Crippen LogP contribution in [0.5, 0.6) is 5.75 Å². The van der Waals surface area contributed by atoms with Crippen molar-refractivity contribution in [3.8, 4) is 5.75 Å². The molecule has 0 fully saturated rings. The van der Waals surface area contributed by atoms with Gasteiger partial charge in [0.05, 0.1) is 5.56 Å². The highest BCUT2D eigenvalue weighted by molar-refractivity contribution is 5.87. The molecule has 0 spiro atoms. The van der Waals surface area contributed by atoms with Gasteiger partial charge in [-0.2, -0.15) is 0 Å². The average molecular weight is 209 g/mol. The predicted molar refractivity (Wildman–Crippen MR) is 57.4 cm³/mol. The maximum atomic E-state index is 10.7. The van der Waals surface area contributed by atoms with Gasteiger partial charge in [-0.3, -0.25) is 0 Å². The highest BCUT2D eigenvalue weighted by Crippen LogP contribution is 2.13. The van der Waals surface area contributed by atoms with Crippen molar-refractivity contribution in [2.75, 3.05) is 13.7 Å². The van der Waals surface area contributed by atoms with Crippen molar-refractivity contribution in [3.63, 3.8) is 0 Å². The van der Waals surface area contributed by atoms with Crippen LogP contribution >= 0.6 is 0 Å². The summed E-state index contributed by atoms with van der Waals surface area (Å²) in [5.74, 6) is -0.362. The van der Waals surface area contributed by atoms with Crippen LogP contribution in [0.1, 0.15) is 17.3 Å². The van der Waals surface area contributed by atoms with Crippen LogP contribution in [0.15, 0.2) is 24.3 Å². The summed E-state index contributed by atoms with van der Waals surface area (Å²) in [5.41, 5.74) is 0.240. The summed E-state index contributed by atoms with van der Waals surface area (Å²) in [5, 5.41) is 11.8. The fourth-order valence-electron chi connectivity index (χ4n) is 1.02.